The van der Waals surface area contributed by atoms with Crippen LogP contribution in [0.1, 0.15) is 27.9 Å². The lowest BCUT2D eigenvalue weighted by molar-refractivity contribution is 0.0511. The Morgan fingerprint density at radius 3 is 2.37 bits per heavy atom. The van der Waals surface area contributed by atoms with Crippen LogP contribution in [0.4, 0.5) is 0 Å². The Labute approximate surface area is 130 Å². The van der Waals surface area contributed by atoms with Gasteiger partial charge in [-0.05, 0) is 29.7 Å². The van der Waals surface area contributed by atoms with Gasteiger partial charge in [0.15, 0.2) is 0 Å². The molecule has 2 nitrogen and oxygen atoms in total. The highest BCUT2D eigenvalue weighted by molar-refractivity contribution is 9.08. The molecule has 19 heavy (non-hydrogen) atoms. The third-order valence-corrected chi connectivity index (χ3v) is 3.68. The molecule has 0 aromatic heterocycles. The second kappa shape index (κ2) is 9.10. The molecular weight excluding hydrogens is 372 g/mol. The lowest BCUT2D eigenvalue weighted by Gasteiger charge is -2.07. The van der Waals surface area contributed by atoms with Crippen LogP contribution in [-0.2, 0) is 15.4 Å². The Balaban J connectivity index is 2.65. The molecule has 0 radical (unpaired) electrons. The Hall–Kier alpha value is -0.870. The summed E-state index contributed by atoms with van der Waals surface area (Å²) in [5, 5.41) is 1.44. The minimum atomic E-state index is -0.281. The van der Waals surface area contributed by atoms with E-state index in [4.69, 9.17) is 4.74 Å². The van der Waals surface area contributed by atoms with Gasteiger partial charge in [0.25, 0.3) is 0 Å². The van der Waals surface area contributed by atoms with Gasteiger partial charge < -0.3 is 4.74 Å². The fourth-order valence-corrected chi connectivity index (χ4v) is 2.18. The molecule has 0 aliphatic carbocycles. The van der Waals surface area contributed by atoms with Gasteiger partial charge in [-0.2, -0.15) is 0 Å². The monoisotopic (exact) mass is 386 g/mol. The lowest BCUT2D eigenvalue weighted by atomic mass is 10.1. The van der Waals surface area contributed by atoms with E-state index in [0.717, 1.165) is 21.8 Å². The van der Waals surface area contributed by atoms with Crippen LogP contribution in [0.3, 0.4) is 0 Å². The van der Waals surface area contributed by atoms with Gasteiger partial charge in [0.1, 0.15) is 0 Å². The summed E-state index contributed by atoms with van der Waals surface area (Å²) in [6, 6.07) is 5.75. The molecule has 0 heterocycles. The van der Waals surface area contributed by atoms with Crippen molar-refractivity contribution < 1.29 is 9.53 Å². The molecule has 0 aliphatic rings. The highest BCUT2D eigenvalue weighted by atomic mass is 79.9. The Kier molecular flexibility index (Phi) is 7.75. The van der Waals surface area contributed by atoms with Crippen LogP contribution in [0.25, 0.3) is 0 Å². The van der Waals surface area contributed by atoms with Gasteiger partial charge in [-0.15, -0.1) is 0 Å². The number of alkyl halides is 2. The fourth-order valence-electron chi connectivity index (χ4n) is 1.53. The van der Waals surface area contributed by atoms with Crippen molar-refractivity contribution in [3.05, 3.63) is 59.7 Å². The van der Waals surface area contributed by atoms with E-state index >= 15 is 0 Å². The predicted molar refractivity (Wildman–Crippen MR) is 85.9 cm³/mol. The van der Waals surface area contributed by atoms with Crippen LogP contribution in [0.5, 0.6) is 0 Å². The van der Waals surface area contributed by atoms with Gasteiger partial charge >= 0.3 is 5.97 Å². The first-order valence-electron chi connectivity index (χ1n) is 5.90. The number of carbonyl (C=O) groups is 1. The molecular formula is C15H16Br2O2. The number of carbonyl (C=O) groups excluding carboxylic acids is 1. The van der Waals surface area contributed by atoms with E-state index in [1.807, 2.05) is 30.4 Å². The van der Waals surface area contributed by atoms with Crippen molar-refractivity contribution in [1.82, 2.24) is 0 Å². The Bertz CT molecular complexity index is 445. The molecule has 0 spiro atoms. The maximum Gasteiger partial charge on any atom is 0.338 e. The van der Waals surface area contributed by atoms with Crippen LogP contribution in [0, 0.1) is 0 Å². The van der Waals surface area contributed by atoms with Crippen LogP contribution < -0.4 is 0 Å². The molecule has 0 bridgehead atoms. The third kappa shape index (κ3) is 5.74. The second-order valence-corrected chi connectivity index (χ2v) is 5.02. The van der Waals surface area contributed by atoms with Crippen molar-refractivity contribution in [2.24, 2.45) is 0 Å². The molecule has 0 saturated carbocycles. The number of rotatable bonds is 7. The molecule has 1 rings (SSSR count). The standard InChI is InChI=1S/C15H16Br2O2/c1-2-3-4-5-6-19-15(18)14-8-12(10-16)7-13(9-14)11-17/h2-4,7-9H,1,5-6,10-11H2/b4-3+. The lowest BCUT2D eigenvalue weighted by Crippen LogP contribution is -2.07. The molecule has 1 aromatic carbocycles. The number of esters is 1. The van der Waals surface area contributed by atoms with Crippen molar-refractivity contribution in [1.29, 1.82) is 0 Å². The summed E-state index contributed by atoms with van der Waals surface area (Å²) in [6.45, 7) is 3.96. The minimum Gasteiger partial charge on any atom is -0.462 e. The van der Waals surface area contributed by atoms with Crippen molar-refractivity contribution in [3.8, 4) is 0 Å². The zero-order chi connectivity index (χ0) is 14.1. The third-order valence-electron chi connectivity index (χ3n) is 2.39. The number of allylic oxidation sites excluding steroid dienone is 2. The molecule has 0 fully saturated rings. The molecule has 1 aromatic rings. The van der Waals surface area contributed by atoms with Crippen molar-refractivity contribution in [3.63, 3.8) is 0 Å². The van der Waals surface area contributed by atoms with E-state index in [-0.39, 0.29) is 5.97 Å². The van der Waals surface area contributed by atoms with E-state index < -0.39 is 0 Å². The van der Waals surface area contributed by atoms with Crippen LogP contribution >= 0.6 is 31.9 Å². The van der Waals surface area contributed by atoms with E-state index in [1.165, 1.54) is 0 Å². The summed E-state index contributed by atoms with van der Waals surface area (Å²) in [5.74, 6) is -0.281. The average Bonchev–Trinajstić information content (AvgIpc) is 2.46. The van der Waals surface area contributed by atoms with Crippen LogP contribution in [-0.4, -0.2) is 12.6 Å². The van der Waals surface area contributed by atoms with E-state index in [9.17, 15) is 4.79 Å². The predicted octanol–water partition coefficient (Wildman–Crippen LogP) is 4.77. The van der Waals surface area contributed by atoms with Crippen molar-refractivity contribution >= 4 is 37.8 Å². The van der Waals surface area contributed by atoms with E-state index in [1.54, 1.807) is 6.08 Å². The molecule has 102 valence electrons. The Morgan fingerprint density at radius 2 is 1.84 bits per heavy atom. The summed E-state index contributed by atoms with van der Waals surface area (Å²) >= 11 is 6.80. The second-order valence-electron chi connectivity index (χ2n) is 3.89. The van der Waals surface area contributed by atoms with Gasteiger partial charge in [-0.25, -0.2) is 4.79 Å². The summed E-state index contributed by atoms with van der Waals surface area (Å²) < 4.78 is 5.22. The molecule has 0 amide bonds. The molecule has 0 N–H and O–H groups in total. The number of benzene rings is 1. The summed E-state index contributed by atoms with van der Waals surface area (Å²) in [6.07, 6.45) is 6.14. The highest BCUT2D eigenvalue weighted by Crippen LogP contribution is 2.16. The first-order valence-corrected chi connectivity index (χ1v) is 8.15. The fraction of sp³-hybridized carbons (Fsp3) is 0.267. The maximum absolute atomic E-state index is 11.9. The number of halogens is 2. The minimum absolute atomic E-state index is 0.281. The van der Waals surface area contributed by atoms with Gasteiger partial charge in [0, 0.05) is 10.7 Å². The first-order chi connectivity index (χ1) is 9.21. The quantitative estimate of drug-likeness (QED) is 0.291. The summed E-state index contributed by atoms with van der Waals surface area (Å²) in [5.41, 5.74) is 2.73. The van der Waals surface area contributed by atoms with Crippen molar-refractivity contribution in [2.45, 2.75) is 17.1 Å². The van der Waals surface area contributed by atoms with Gasteiger partial charge in [0.2, 0.25) is 0 Å². The van der Waals surface area contributed by atoms with E-state index in [2.05, 4.69) is 38.4 Å². The topological polar surface area (TPSA) is 26.3 Å². The normalized spacial score (nSPS) is 10.6. The average molecular weight is 388 g/mol. The zero-order valence-electron chi connectivity index (χ0n) is 10.6. The zero-order valence-corrected chi connectivity index (χ0v) is 13.7. The van der Waals surface area contributed by atoms with Crippen LogP contribution in [0.15, 0.2) is 43.0 Å². The molecule has 0 saturated heterocycles. The van der Waals surface area contributed by atoms with Gasteiger partial charge in [-0.1, -0.05) is 62.7 Å². The van der Waals surface area contributed by atoms with Gasteiger partial charge in [0.05, 0.1) is 12.2 Å². The Morgan fingerprint density at radius 1 is 1.21 bits per heavy atom. The van der Waals surface area contributed by atoms with Crippen LogP contribution in [0.2, 0.25) is 0 Å². The molecule has 0 atom stereocenters. The molecule has 0 aliphatic heterocycles. The number of ether oxygens (including phenoxy) is 1. The number of hydrogen-bond donors (Lipinski definition) is 0. The van der Waals surface area contributed by atoms with Crippen molar-refractivity contribution in [2.75, 3.05) is 6.61 Å². The SMILES string of the molecule is C=C/C=C/CCOC(=O)c1cc(CBr)cc(CBr)c1. The number of hydrogen-bond acceptors (Lipinski definition) is 2. The van der Waals surface area contributed by atoms with E-state index in [0.29, 0.717) is 18.6 Å². The smallest absolute Gasteiger partial charge is 0.338 e. The first kappa shape index (κ1) is 16.2. The summed E-state index contributed by atoms with van der Waals surface area (Å²) in [4.78, 5) is 11.9. The maximum atomic E-state index is 11.9. The molecule has 4 heteroatoms. The molecule has 0 unspecified atom stereocenters. The highest BCUT2D eigenvalue weighted by Gasteiger charge is 2.09. The summed E-state index contributed by atoms with van der Waals surface area (Å²) in [7, 11) is 0. The van der Waals surface area contributed by atoms with Gasteiger partial charge in [-0.3, -0.25) is 0 Å². The largest absolute Gasteiger partial charge is 0.462 e.